The van der Waals surface area contributed by atoms with Crippen LogP contribution in [0.2, 0.25) is 0 Å². The third-order valence-electron chi connectivity index (χ3n) is 3.44. The number of nitrogens with zero attached hydrogens (tertiary/aromatic N) is 1. The molecule has 0 aliphatic carbocycles. The van der Waals surface area contributed by atoms with Crippen molar-refractivity contribution in [3.63, 3.8) is 0 Å². The van der Waals surface area contributed by atoms with Gasteiger partial charge in [0.15, 0.2) is 11.5 Å². The van der Waals surface area contributed by atoms with E-state index in [1.165, 1.54) is 7.11 Å². The molecule has 0 radical (unpaired) electrons. The molecule has 0 aliphatic rings. The molecule has 0 atom stereocenters. The number of methoxy groups -OCH3 is 1. The van der Waals surface area contributed by atoms with Gasteiger partial charge in [-0.2, -0.15) is 0 Å². The number of aromatic hydroxyl groups is 2. The topological polar surface area (TPSA) is 62.6 Å². The van der Waals surface area contributed by atoms with Crippen molar-refractivity contribution < 1.29 is 14.9 Å². The number of halogens is 1. The maximum absolute atomic E-state index is 9.88. The molecule has 3 aromatic rings. The van der Waals surface area contributed by atoms with E-state index in [-0.39, 0.29) is 11.5 Å². The first-order valence-corrected chi connectivity index (χ1v) is 7.71. The van der Waals surface area contributed by atoms with Gasteiger partial charge in [-0.05, 0) is 51.8 Å². The molecule has 5 heteroatoms. The number of ether oxygens (including phenoxy) is 1. The molecule has 4 nitrogen and oxygen atoms in total. The number of fused-ring (bicyclic) bond motifs is 1. The normalized spacial score (nSPS) is 11.2. The number of rotatable bonds is 3. The molecule has 0 bridgehead atoms. The number of hydrogen-bond donors (Lipinski definition) is 2. The minimum atomic E-state index is 0.0680. The summed E-state index contributed by atoms with van der Waals surface area (Å²) in [7, 11) is 1.50. The van der Waals surface area contributed by atoms with Gasteiger partial charge in [0.05, 0.1) is 17.3 Å². The van der Waals surface area contributed by atoms with Crippen LogP contribution in [0.3, 0.4) is 0 Å². The third-order valence-corrected chi connectivity index (χ3v) is 4.04. The molecule has 0 saturated heterocycles. The summed E-state index contributed by atoms with van der Waals surface area (Å²) in [6, 6.07) is 12.6. The second kappa shape index (κ2) is 6.30. The highest BCUT2D eigenvalue weighted by Gasteiger charge is 2.07. The summed E-state index contributed by atoms with van der Waals surface area (Å²) >= 11 is 3.29. The molecule has 0 unspecified atom stereocenters. The lowest BCUT2D eigenvalue weighted by atomic mass is 10.1. The van der Waals surface area contributed by atoms with Crippen molar-refractivity contribution in [2.24, 2.45) is 0 Å². The van der Waals surface area contributed by atoms with Gasteiger partial charge in [0, 0.05) is 5.39 Å². The largest absolute Gasteiger partial charge is 0.506 e. The molecule has 0 fully saturated rings. The van der Waals surface area contributed by atoms with Gasteiger partial charge in [-0.15, -0.1) is 0 Å². The van der Waals surface area contributed by atoms with Gasteiger partial charge in [-0.1, -0.05) is 24.3 Å². The van der Waals surface area contributed by atoms with Crippen LogP contribution in [-0.2, 0) is 0 Å². The van der Waals surface area contributed by atoms with E-state index in [1.54, 1.807) is 24.3 Å². The Morgan fingerprint density at radius 2 is 1.91 bits per heavy atom. The zero-order valence-electron chi connectivity index (χ0n) is 12.3. The van der Waals surface area contributed by atoms with Crippen molar-refractivity contribution in [1.29, 1.82) is 0 Å². The number of benzene rings is 2. The summed E-state index contributed by atoms with van der Waals surface area (Å²) in [4.78, 5) is 4.44. The molecule has 2 aromatic carbocycles. The van der Waals surface area contributed by atoms with Gasteiger partial charge in [0.25, 0.3) is 0 Å². The minimum Gasteiger partial charge on any atom is -0.506 e. The average molecular weight is 372 g/mol. The highest BCUT2D eigenvalue weighted by molar-refractivity contribution is 9.10. The van der Waals surface area contributed by atoms with Gasteiger partial charge in [0.2, 0.25) is 0 Å². The van der Waals surface area contributed by atoms with E-state index in [0.717, 1.165) is 16.6 Å². The van der Waals surface area contributed by atoms with Crippen LogP contribution in [0.5, 0.6) is 17.2 Å². The Kier molecular flexibility index (Phi) is 4.21. The van der Waals surface area contributed by atoms with Crippen LogP contribution >= 0.6 is 15.9 Å². The molecular formula is C18H14BrNO3. The summed E-state index contributed by atoms with van der Waals surface area (Å²) in [5.74, 6) is 0.619. The van der Waals surface area contributed by atoms with Gasteiger partial charge in [-0.25, -0.2) is 4.98 Å². The first kappa shape index (κ1) is 15.4. The zero-order chi connectivity index (χ0) is 16.4. The summed E-state index contributed by atoms with van der Waals surface area (Å²) < 4.78 is 5.69. The van der Waals surface area contributed by atoms with Gasteiger partial charge < -0.3 is 14.9 Å². The molecule has 0 saturated carbocycles. The van der Waals surface area contributed by atoms with Crippen molar-refractivity contribution >= 4 is 39.0 Å². The Morgan fingerprint density at radius 1 is 1.09 bits per heavy atom. The Balaban J connectivity index is 1.97. The smallest absolute Gasteiger partial charge is 0.172 e. The predicted molar refractivity (Wildman–Crippen MR) is 94.7 cm³/mol. The number of phenols is 2. The van der Waals surface area contributed by atoms with Crippen LogP contribution in [0.15, 0.2) is 46.9 Å². The van der Waals surface area contributed by atoms with Crippen LogP contribution in [0.1, 0.15) is 11.3 Å². The lowest BCUT2D eigenvalue weighted by Gasteiger charge is -2.06. The Bertz CT molecular complexity index is 906. The minimum absolute atomic E-state index is 0.0680. The van der Waals surface area contributed by atoms with Crippen LogP contribution in [-0.4, -0.2) is 22.3 Å². The van der Waals surface area contributed by atoms with E-state index in [9.17, 15) is 10.2 Å². The fraction of sp³-hybridized carbons (Fsp3) is 0.0556. The number of phenolic OH excluding ortho intramolecular Hbond substituents is 2. The molecule has 0 amide bonds. The van der Waals surface area contributed by atoms with Crippen molar-refractivity contribution in [2.75, 3.05) is 7.11 Å². The molecule has 1 heterocycles. The van der Waals surface area contributed by atoms with Crippen LogP contribution in [0.4, 0.5) is 0 Å². The maximum Gasteiger partial charge on any atom is 0.172 e. The number of hydrogen-bond acceptors (Lipinski definition) is 4. The first-order valence-electron chi connectivity index (χ1n) is 6.92. The highest BCUT2D eigenvalue weighted by Crippen LogP contribution is 2.35. The number of pyridine rings is 1. The highest BCUT2D eigenvalue weighted by atomic mass is 79.9. The summed E-state index contributed by atoms with van der Waals surface area (Å²) in [6.45, 7) is 0. The molecule has 3 rings (SSSR count). The number of para-hydroxylation sites is 1. The fourth-order valence-corrected chi connectivity index (χ4v) is 2.73. The van der Waals surface area contributed by atoms with Crippen molar-refractivity contribution in [2.45, 2.75) is 0 Å². The Hall–Kier alpha value is -2.53. The second-order valence-electron chi connectivity index (χ2n) is 4.97. The zero-order valence-corrected chi connectivity index (χ0v) is 13.9. The molecule has 0 aliphatic heterocycles. The first-order chi connectivity index (χ1) is 11.1. The maximum atomic E-state index is 9.88. The molecule has 116 valence electrons. The van der Waals surface area contributed by atoms with Crippen LogP contribution < -0.4 is 4.74 Å². The number of aromatic nitrogens is 1. The van der Waals surface area contributed by atoms with Gasteiger partial charge in [0.1, 0.15) is 11.3 Å². The van der Waals surface area contributed by atoms with E-state index in [4.69, 9.17) is 4.74 Å². The summed E-state index contributed by atoms with van der Waals surface area (Å²) in [5.41, 5.74) is 2.15. The average Bonchev–Trinajstić information content (AvgIpc) is 2.56. The van der Waals surface area contributed by atoms with E-state index in [2.05, 4.69) is 20.9 Å². The summed E-state index contributed by atoms with van der Waals surface area (Å²) in [6.07, 6.45) is 3.70. The molecule has 1 aromatic heterocycles. The SMILES string of the molecule is COc1cc(C=Cc2ccc3cccc(O)c3n2)cc(Br)c1O. The molecule has 0 spiro atoms. The van der Waals surface area contributed by atoms with E-state index >= 15 is 0 Å². The Labute approximate surface area is 141 Å². The lowest BCUT2D eigenvalue weighted by molar-refractivity contribution is 0.372. The van der Waals surface area contributed by atoms with Crippen LogP contribution in [0, 0.1) is 0 Å². The van der Waals surface area contributed by atoms with Crippen molar-refractivity contribution in [1.82, 2.24) is 4.98 Å². The third kappa shape index (κ3) is 3.14. The lowest BCUT2D eigenvalue weighted by Crippen LogP contribution is -1.86. The predicted octanol–water partition coefficient (Wildman–Crippen LogP) is 4.59. The molecule has 2 N–H and O–H groups in total. The molecule has 23 heavy (non-hydrogen) atoms. The van der Waals surface area contributed by atoms with Crippen molar-refractivity contribution in [3.8, 4) is 17.2 Å². The standard InChI is InChI=1S/C18H14BrNO3/c1-23-16-10-11(9-14(19)18(16)22)5-7-13-8-6-12-3-2-4-15(21)17(12)20-13/h2-10,21-22H,1H3. The van der Waals surface area contributed by atoms with Crippen LogP contribution in [0.25, 0.3) is 23.1 Å². The molecular weight excluding hydrogens is 358 g/mol. The van der Waals surface area contributed by atoms with Gasteiger partial charge >= 0.3 is 0 Å². The van der Waals surface area contributed by atoms with E-state index in [1.807, 2.05) is 30.4 Å². The Morgan fingerprint density at radius 3 is 2.70 bits per heavy atom. The van der Waals surface area contributed by atoms with Gasteiger partial charge in [-0.3, -0.25) is 0 Å². The van der Waals surface area contributed by atoms with Crippen molar-refractivity contribution in [3.05, 3.63) is 58.2 Å². The fourth-order valence-electron chi connectivity index (χ4n) is 2.27. The second-order valence-corrected chi connectivity index (χ2v) is 5.83. The quantitative estimate of drug-likeness (QED) is 0.706. The summed E-state index contributed by atoms with van der Waals surface area (Å²) in [5, 5.41) is 20.6. The van der Waals surface area contributed by atoms with E-state index in [0.29, 0.717) is 15.7 Å². The monoisotopic (exact) mass is 371 g/mol. The van der Waals surface area contributed by atoms with E-state index < -0.39 is 0 Å².